The number of thiocarbonyl (C=S) groups is 1. The summed E-state index contributed by atoms with van der Waals surface area (Å²) in [6, 6.07) is 9.98. The maximum Gasteiger partial charge on any atom is 0.338 e. The molecule has 1 amide bonds. The van der Waals surface area contributed by atoms with Crippen molar-refractivity contribution < 1.29 is 28.5 Å². The molecule has 0 aliphatic heterocycles. The average molecular weight is 515 g/mol. The minimum atomic E-state index is -0.426. The van der Waals surface area contributed by atoms with Crippen LogP contribution in [0.1, 0.15) is 73.6 Å². The fourth-order valence-corrected chi connectivity index (χ4v) is 4.16. The summed E-state index contributed by atoms with van der Waals surface area (Å²) >= 11 is 5.32. The lowest BCUT2D eigenvalue weighted by Gasteiger charge is -2.21. The number of hydrogen-bond donors (Lipinski definition) is 2. The van der Waals surface area contributed by atoms with Crippen molar-refractivity contribution >= 4 is 34.9 Å². The predicted octanol–water partition coefficient (Wildman–Crippen LogP) is 5.50. The molecule has 2 aromatic carbocycles. The van der Waals surface area contributed by atoms with E-state index >= 15 is 0 Å². The van der Waals surface area contributed by atoms with Crippen LogP contribution in [0, 0.1) is 0 Å². The predicted molar refractivity (Wildman–Crippen MR) is 142 cm³/mol. The van der Waals surface area contributed by atoms with Gasteiger partial charge in [0.05, 0.1) is 25.4 Å². The largest absolute Gasteiger partial charge is 0.490 e. The zero-order valence-electron chi connectivity index (χ0n) is 21.1. The molecule has 0 atom stereocenters. The second-order valence-electron chi connectivity index (χ2n) is 8.25. The lowest BCUT2D eigenvalue weighted by molar-refractivity contribution is 0.0211. The van der Waals surface area contributed by atoms with E-state index in [1.165, 1.54) is 6.42 Å². The number of benzene rings is 2. The first-order valence-electron chi connectivity index (χ1n) is 12.4. The van der Waals surface area contributed by atoms with Crippen molar-refractivity contribution in [1.82, 2.24) is 5.32 Å². The van der Waals surface area contributed by atoms with Crippen LogP contribution < -0.4 is 24.8 Å². The molecule has 0 radical (unpaired) electrons. The van der Waals surface area contributed by atoms with Crippen molar-refractivity contribution in [3.8, 4) is 17.2 Å². The van der Waals surface area contributed by atoms with E-state index in [0.29, 0.717) is 53.9 Å². The molecule has 1 saturated carbocycles. The molecule has 1 fully saturated rings. The molecular weight excluding hydrogens is 480 g/mol. The Kier molecular flexibility index (Phi) is 10.4. The third-order valence-electron chi connectivity index (χ3n) is 5.60. The highest BCUT2D eigenvalue weighted by Crippen LogP contribution is 2.39. The first-order valence-corrected chi connectivity index (χ1v) is 12.9. The number of carbonyl (C=O) groups excluding carboxylic acids is 2. The van der Waals surface area contributed by atoms with Gasteiger partial charge in [-0.25, -0.2) is 4.79 Å². The Labute approximate surface area is 217 Å². The first-order chi connectivity index (χ1) is 17.4. The molecule has 0 saturated heterocycles. The molecular formula is C27H34N2O6S. The maximum atomic E-state index is 12.9. The van der Waals surface area contributed by atoms with E-state index < -0.39 is 5.91 Å². The standard InChI is InChI=1S/C27H34N2O6S/c1-4-32-22-16-19(17-23(33-5-2)24(22)34-6-3)25(30)29-27(36)28-20-14-12-18(13-15-20)26(31)35-21-10-8-7-9-11-21/h12-17,21H,4-11H2,1-3H3,(H2,28,29,30,36). The normalized spacial score (nSPS) is 13.4. The van der Waals surface area contributed by atoms with Crippen LogP contribution in [0.2, 0.25) is 0 Å². The number of ether oxygens (including phenoxy) is 4. The van der Waals surface area contributed by atoms with E-state index in [1.807, 2.05) is 20.8 Å². The lowest BCUT2D eigenvalue weighted by Crippen LogP contribution is -2.34. The maximum absolute atomic E-state index is 12.9. The second kappa shape index (κ2) is 13.7. The van der Waals surface area contributed by atoms with Crippen molar-refractivity contribution in [2.45, 2.75) is 59.0 Å². The van der Waals surface area contributed by atoms with Gasteiger partial charge in [-0.2, -0.15) is 0 Å². The van der Waals surface area contributed by atoms with Crippen molar-refractivity contribution in [1.29, 1.82) is 0 Å². The number of carbonyl (C=O) groups is 2. The van der Waals surface area contributed by atoms with Crippen molar-refractivity contribution in [3.05, 3.63) is 47.5 Å². The molecule has 0 bridgehead atoms. The molecule has 0 spiro atoms. The fourth-order valence-electron chi connectivity index (χ4n) is 3.95. The van der Waals surface area contributed by atoms with Gasteiger partial charge in [0.2, 0.25) is 5.75 Å². The Hall–Kier alpha value is -3.33. The summed E-state index contributed by atoms with van der Waals surface area (Å²) in [4.78, 5) is 25.3. The van der Waals surface area contributed by atoms with Gasteiger partial charge in [0.1, 0.15) is 6.10 Å². The molecule has 2 N–H and O–H groups in total. The SMILES string of the molecule is CCOc1cc(C(=O)NC(=S)Nc2ccc(C(=O)OC3CCCCC3)cc2)cc(OCC)c1OCC. The molecule has 2 aromatic rings. The summed E-state index contributed by atoms with van der Waals surface area (Å²) in [5, 5.41) is 5.74. The van der Waals surface area contributed by atoms with Gasteiger partial charge in [-0.3, -0.25) is 10.1 Å². The Morgan fingerprint density at radius 3 is 2.00 bits per heavy atom. The quantitative estimate of drug-likeness (QED) is 0.317. The Bertz CT molecular complexity index is 1020. The molecule has 36 heavy (non-hydrogen) atoms. The summed E-state index contributed by atoms with van der Waals surface area (Å²) in [5.74, 6) is 0.552. The first kappa shape index (κ1) is 27.3. The number of nitrogens with one attached hydrogen (secondary N) is 2. The van der Waals surface area contributed by atoms with Gasteiger partial charge in [0, 0.05) is 11.3 Å². The highest BCUT2D eigenvalue weighted by Gasteiger charge is 2.20. The molecule has 1 aliphatic rings. The average Bonchev–Trinajstić information content (AvgIpc) is 2.87. The van der Waals surface area contributed by atoms with Gasteiger partial charge in [0.15, 0.2) is 16.6 Å². The number of rotatable bonds is 10. The number of esters is 1. The van der Waals surface area contributed by atoms with Crippen LogP contribution >= 0.6 is 12.2 Å². The monoisotopic (exact) mass is 514 g/mol. The molecule has 0 aromatic heterocycles. The summed E-state index contributed by atoms with van der Waals surface area (Å²) in [7, 11) is 0. The highest BCUT2D eigenvalue weighted by atomic mass is 32.1. The zero-order valence-corrected chi connectivity index (χ0v) is 21.9. The Balaban J connectivity index is 1.63. The van der Waals surface area contributed by atoms with Gasteiger partial charge >= 0.3 is 5.97 Å². The van der Waals surface area contributed by atoms with E-state index in [0.717, 1.165) is 25.7 Å². The van der Waals surface area contributed by atoms with Crippen LogP contribution in [0.25, 0.3) is 0 Å². The van der Waals surface area contributed by atoms with Gasteiger partial charge in [-0.05, 0) is 95.1 Å². The summed E-state index contributed by atoms with van der Waals surface area (Å²) in [5.41, 5.74) is 1.42. The van der Waals surface area contributed by atoms with E-state index in [-0.39, 0.29) is 17.2 Å². The van der Waals surface area contributed by atoms with Crippen LogP contribution in [0.4, 0.5) is 5.69 Å². The van der Waals surface area contributed by atoms with E-state index in [4.69, 9.17) is 31.2 Å². The fraction of sp³-hybridized carbons (Fsp3) is 0.444. The lowest BCUT2D eigenvalue weighted by atomic mass is 9.98. The third-order valence-corrected chi connectivity index (χ3v) is 5.81. The van der Waals surface area contributed by atoms with Crippen molar-refractivity contribution in [3.63, 3.8) is 0 Å². The summed E-state index contributed by atoms with van der Waals surface area (Å²) < 4.78 is 22.6. The minimum Gasteiger partial charge on any atom is -0.490 e. The Morgan fingerprint density at radius 2 is 1.44 bits per heavy atom. The molecule has 0 heterocycles. The number of anilines is 1. The van der Waals surface area contributed by atoms with Crippen molar-refractivity contribution in [2.75, 3.05) is 25.1 Å². The second-order valence-corrected chi connectivity index (χ2v) is 8.66. The van der Waals surface area contributed by atoms with Crippen LogP contribution in [0.5, 0.6) is 17.2 Å². The van der Waals surface area contributed by atoms with Crippen LogP contribution in [-0.4, -0.2) is 42.9 Å². The molecule has 0 unspecified atom stereocenters. The van der Waals surface area contributed by atoms with E-state index in [1.54, 1.807) is 36.4 Å². The zero-order chi connectivity index (χ0) is 25.9. The number of amides is 1. The molecule has 3 rings (SSSR count). The molecule has 9 heteroatoms. The molecule has 1 aliphatic carbocycles. The summed E-state index contributed by atoms with van der Waals surface area (Å²) in [6.45, 7) is 6.80. The number of hydrogen-bond acceptors (Lipinski definition) is 7. The van der Waals surface area contributed by atoms with Crippen LogP contribution in [-0.2, 0) is 4.74 Å². The van der Waals surface area contributed by atoms with Crippen LogP contribution in [0.3, 0.4) is 0 Å². The summed E-state index contributed by atoms with van der Waals surface area (Å²) in [6.07, 6.45) is 5.24. The smallest absolute Gasteiger partial charge is 0.338 e. The van der Waals surface area contributed by atoms with Gasteiger partial charge < -0.3 is 24.3 Å². The van der Waals surface area contributed by atoms with Crippen LogP contribution in [0.15, 0.2) is 36.4 Å². The van der Waals surface area contributed by atoms with Gasteiger partial charge in [-0.15, -0.1) is 0 Å². The molecule has 194 valence electrons. The highest BCUT2D eigenvalue weighted by molar-refractivity contribution is 7.80. The minimum absolute atomic E-state index is 0.000858. The van der Waals surface area contributed by atoms with Crippen molar-refractivity contribution in [2.24, 2.45) is 0 Å². The Morgan fingerprint density at radius 1 is 0.861 bits per heavy atom. The van der Waals surface area contributed by atoms with E-state index in [2.05, 4.69) is 10.6 Å². The third kappa shape index (κ3) is 7.58. The van der Waals surface area contributed by atoms with Gasteiger partial charge in [0.25, 0.3) is 5.91 Å². The topological polar surface area (TPSA) is 95.1 Å². The van der Waals surface area contributed by atoms with Gasteiger partial charge in [-0.1, -0.05) is 6.42 Å². The molecule has 8 nitrogen and oxygen atoms in total. The van der Waals surface area contributed by atoms with E-state index in [9.17, 15) is 9.59 Å².